The largest absolute Gasteiger partial charge is 0.359 e. The van der Waals surface area contributed by atoms with Crippen LogP contribution in [0.1, 0.15) is 44.5 Å². The third kappa shape index (κ3) is 9.36. The minimum atomic E-state index is -2.99. The smallest absolute Gasteiger partial charge is 0.224 e. The van der Waals surface area contributed by atoms with E-state index in [-0.39, 0.29) is 53.9 Å². The van der Waals surface area contributed by atoms with Crippen LogP contribution in [0, 0.1) is 11.8 Å². The lowest BCUT2D eigenvalue weighted by Crippen LogP contribution is -2.44. The van der Waals surface area contributed by atoms with E-state index in [1.165, 1.54) is 11.3 Å². The number of benzene rings is 1. The lowest BCUT2D eigenvalue weighted by atomic mass is 9.91. The SMILES string of the molecule is C=C(CN1CCS(=O)(=O)CC1)C(=O)CC[C@@H](NC(=O)[C@@H](CC(=O)NC)Cc1nc2ccc(Cl)cc2s1)[C@@H](C)CC. The molecule has 3 atom stereocenters. The van der Waals surface area contributed by atoms with Crippen molar-refractivity contribution in [2.24, 2.45) is 11.8 Å². The zero-order valence-electron chi connectivity index (χ0n) is 23.4. The predicted molar refractivity (Wildman–Crippen MR) is 160 cm³/mol. The number of carbonyl (C=O) groups excluding carboxylic acids is 3. The second-order valence-corrected chi connectivity index (χ2v) is 14.3. The molecule has 1 aliphatic heterocycles. The topological polar surface area (TPSA) is 126 Å². The molecule has 2 aromatic rings. The monoisotopic (exact) mass is 610 g/mol. The molecule has 1 aromatic heterocycles. The van der Waals surface area contributed by atoms with Gasteiger partial charge in [-0.3, -0.25) is 19.3 Å². The van der Waals surface area contributed by atoms with Crippen LogP contribution in [0.3, 0.4) is 0 Å². The molecule has 0 radical (unpaired) electrons. The zero-order valence-corrected chi connectivity index (χ0v) is 25.8. The standard InChI is InChI=1S/C28H39ClN4O5S2/c1-5-18(2)22(8-9-24(34)19(3)17-33-10-12-40(37,38)13-11-33)32-28(36)20(14-26(35)30-4)15-27-31-23-7-6-21(29)16-25(23)39-27/h6-7,16,18,20,22H,3,5,8-15,17H2,1-2,4H3,(H,30,35)(H,32,36)/t18-,20-,22+/m0/s1. The molecule has 1 saturated heterocycles. The summed E-state index contributed by atoms with van der Waals surface area (Å²) in [6.45, 7) is 9.14. The van der Waals surface area contributed by atoms with Gasteiger partial charge in [-0.15, -0.1) is 11.3 Å². The van der Waals surface area contributed by atoms with Crippen LogP contribution in [0.2, 0.25) is 5.02 Å². The second kappa shape index (κ2) is 14.5. The lowest BCUT2D eigenvalue weighted by Gasteiger charge is -2.28. The highest BCUT2D eigenvalue weighted by Gasteiger charge is 2.28. The lowest BCUT2D eigenvalue weighted by molar-refractivity contribution is -0.131. The molecule has 40 heavy (non-hydrogen) atoms. The van der Waals surface area contributed by atoms with E-state index in [2.05, 4.69) is 22.2 Å². The van der Waals surface area contributed by atoms with Crippen molar-refractivity contribution in [2.75, 3.05) is 38.2 Å². The molecule has 12 heteroatoms. The van der Waals surface area contributed by atoms with Gasteiger partial charge in [-0.1, -0.05) is 38.4 Å². The van der Waals surface area contributed by atoms with Crippen LogP contribution in [-0.2, 0) is 30.6 Å². The Balaban J connectivity index is 1.63. The summed E-state index contributed by atoms with van der Waals surface area (Å²) < 4.78 is 24.3. The molecule has 2 amide bonds. The zero-order chi connectivity index (χ0) is 29.4. The van der Waals surface area contributed by atoms with Crippen LogP contribution in [-0.4, -0.2) is 80.1 Å². The van der Waals surface area contributed by atoms with Gasteiger partial charge in [-0.05, 0) is 30.5 Å². The van der Waals surface area contributed by atoms with Crippen LogP contribution in [0.5, 0.6) is 0 Å². The number of nitrogens with zero attached hydrogens (tertiary/aromatic N) is 2. The number of rotatable bonds is 14. The van der Waals surface area contributed by atoms with Gasteiger partial charge in [0.25, 0.3) is 0 Å². The fourth-order valence-corrected chi connectivity index (χ4v) is 7.24. The average Bonchev–Trinajstić information content (AvgIpc) is 3.32. The van der Waals surface area contributed by atoms with Crippen LogP contribution in [0.4, 0.5) is 0 Å². The number of hydrogen-bond acceptors (Lipinski definition) is 8. The van der Waals surface area contributed by atoms with Gasteiger partial charge in [0.1, 0.15) is 0 Å². The number of ketones is 1. The van der Waals surface area contributed by atoms with E-state index in [0.717, 1.165) is 21.6 Å². The molecule has 0 bridgehead atoms. The van der Waals surface area contributed by atoms with E-state index in [1.54, 1.807) is 13.1 Å². The average molecular weight is 611 g/mol. The number of hydrogen-bond donors (Lipinski definition) is 2. The van der Waals surface area contributed by atoms with Gasteiger partial charge in [0, 0.05) is 62.6 Å². The summed E-state index contributed by atoms with van der Waals surface area (Å²) >= 11 is 7.56. The van der Waals surface area contributed by atoms with Crippen molar-refractivity contribution < 1.29 is 22.8 Å². The van der Waals surface area contributed by atoms with Gasteiger partial charge in [-0.25, -0.2) is 13.4 Å². The van der Waals surface area contributed by atoms with Gasteiger partial charge >= 0.3 is 0 Å². The molecule has 1 aromatic carbocycles. The third-order valence-corrected chi connectivity index (χ3v) is 10.4. The third-order valence-electron chi connectivity index (χ3n) is 7.48. The molecular formula is C28H39ClN4O5S2. The minimum Gasteiger partial charge on any atom is -0.359 e. The van der Waals surface area contributed by atoms with Gasteiger partial charge in [0.15, 0.2) is 15.6 Å². The van der Waals surface area contributed by atoms with Crippen LogP contribution in [0.15, 0.2) is 30.4 Å². The Labute approximate surface area is 245 Å². The van der Waals surface area contributed by atoms with E-state index in [9.17, 15) is 22.8 Å². The minimum absolute atomic E-state index is 0.0214. The molecule has 220 valence electrons. The molecule has 2 N–H and O–H groups in total. The maximum absolute atomic E-state index is 13.5. The number of aromatic nitrogens is 1. The first kappa shape index (κ1) is 32.2. The number of amides is 2. The molecule has 0 spiro atoms. The molecule has 2 heterocycles. The predicted octanol–water partition coefficient (Wildman–Crippen LogP) is 3.41. The molecule has 0 aliphatic carbocycles. The Morgan fingerprint density at radius 2 is 1.93 bits per heavy atom. The Morgan fingerprint density at radius 1 is 1.23 bits per heavy atom. The van der Waals surface area contributed by atoms with Crippen LogP contribution in [0.25, 0.3) is 10.2 Å². The number of thiazole rings is 1. The summed E-state index contributed by atoms with van der Waals surface area (Å²) in [5.74, 6) is -0.887. The maximum atomic E-state index is 13.5. The number of halogens is 1. The van der Waals surface area contributed by atoms with Crippen molar-refractivity contribution in [3.05, 3.63) is 40.4 Å². The van der Waals surface area contributed by atoms with E-state index >= 15 is 0 Å². The van der Waals surface area contributed by atoms with E-state index in [1.807, 2.05) is 30.9 Å². The number of fused-ring (bicyclic) bond motifs is 1. The Kier molecular flexibility index (Phi) is 11.7. The molecule has 0 saturated carbocycles. The molecule has 1 aliphatic rings. The highest BCUT2D eigenvalue weighted by Crippen LogP contribution is 2.28. The number of carbonyl (C=O) groups is 3. The van der Waals surface area contributed by atoms with E-state index in [4.69, 9.17) is 11.6 Å². The summed E-state index contributed by atoms with van der Waals surface area (Å²) in [5.41, 5.74) is 1.24. The first-order chi connectivity index (χ1) is 18.9. The van der Waals surface area contributed by atoms with Crippen LogP contribution >= 0.6 is 22.9 Å². The quantitative estimate of drug-likeness (QED) is 0.314. The summed E-state index contributed by atoms with van der Waals surface area (Å²) in [4.78, 5) is 45.2. The highest BCUT2D eigenvalue weighted by atomic mass is 35.5. The van der Waals surface area contributed by atoms with E-state index in [0.29, 0.717) is 43.1 Å². The second-order valence-electron chi connectivity index (χ2n) is 10.5. The first-order valence-corrected chi connectivity index (χ1v) is 16.6. The summed E-state index contributed by atoms with van der Waals surface area (Å²) in [7, 11) is -1.45. The van der Waals surface area contributed by atoms with Crippen LogP contribution < -0.4 is 10.6 Å². The van der Waals surface area contributed by atoms with Crippen molar-refractivity contribution in [3.8, 4) is 0 Å². The molecular weight excluding hydrogens is 572 g/mol. The Bertz CT molecular complexity index is 1330. The normalized spacial score (nSPS) is 17.6. The van der Waals surface area contributed by atoms with Crippen molar-refractivity contribution in [1.29, 1.82) is 0 Å². The molecule has 3 rings (SSSR count). The van der Waals surface area contributed by atoms with Gasteiger partial charge in [-0.2, -0.15) is 0 Å². The van der Waals surface area contributed by atoms with Gasteiger partial charge < -0.3 is 10.6 Å². The fourth-order valence-electron chi connectivity index (χ4n) is 4.64. The van der Waals surface area contributed by atoms with Crippen molar-refractivity contribution in [1.82, 2.24) is 20.5 Å². The Hall–Kier alpha value is -2.34. The summed E-state index contributed by atoms with van der Waals surface area (Å²) in [5, 5.41) is 7.09. The summed E-state index contributed by atoms with van der Waals surface area (Å²) in [6, 6.07) is 5.19. The molecule has 9 nitrogen and oxygen atoms in total. The molecule has 1 fully saturated rings. The number of nitrogens with one attached hydrogen (secondary N) is 2. The number of Topliss-reactive ketones (excluding diaryl/α,β-unsaturated/α-hetero) is 1. The van der Waals surface area contributed by atoms with Crippen molar-refractivity contribution >= 4 is 60.6 Å². The van der Waals surface area contributed by atoms with Gasteiger partial charge in [0.05, 0.1) is 32.6 Å². The first-order valence-electron chi connectivity index (χ1n) is 13.6. The molecule has 0 unspecified atom stereocenters. The van der Waals surface area contributed by atoms with Crippen molar-refractivity contribution in [2.45, 2.75) is 52.0 Å². The highest BCUT2D eigenvalue weighted by molar-refractivity contribution is 7.91. The summed E-state index contributed by atoms with van der Waals surface area (Å²) in [6.07, 6.45) is 1.80. The van der Waals surface area contributed by atoms with Crippen molar-refractivity contribution in [3.63, 3.8) is 0 Å². The van der Waals surface area contributed by atoms with E-state index < -0.39 is 15.8 Å². The van der Waals surface area contributed by atoms with Gasteiger partial charge in [0.2, 0.25) is 11.8 Å². The maximum Gasteiger partial charge on any atom is 0.224 e. The fraction of sp³-hybridized carbons (Fsp3) is 0.571. The Morgan fingerprint density at radius 3 is 2.58 bits per heavy atom. The number of sulfone groups is 1.